The second-order valence-corrected chi connectivity index (χ2v) is 11.3. The predicted octanol–water partition coefficient (Wildman–Crippen LogP) is 8.39. The molecule has 0 amide bonds. The van der Waals surface area contributed by atoms with Crippen molar-refractivity contribution in [2.45, 2.75) is 52.4 Å². The Morgan fingerprint density at radius 1 is 0.784 bits per heavy atom. The fourth-order valence-corrected chi connectivity index (χ4v) is 6.36. The van der Waals surface area contributed by atoms with Crippen LogP contribution in [-0.4, -0.2) is 17.1 Å². The summed E-state index contributed by atoms with van der Waals surface area (Å²) in [4.78, 5) is 9.27. The Morgan fingerprint density at radius 2 is 1.41 bits per heavy atom. The quantitative estimate of drug-likeness (QED) is 0.271. The van der Waals surface area contributed by atoms with Gasteiger partial charge in [0.2, 0.25) is 5.88 Å². The van der Waals surface area contributed by atoms with Crippen LogP contribution in [-0.2, 0) is 5.41 Å². The molecule has 1 aromatic heterocycles. The Balaban J connectivity index is 1.47. The molecule has 1 aliphatic rings. The van der Waals surface area contributed by atoms with E-state index in [9.17, 15) is 0 Å². The van der Waals surface area contributed by atoms with E-state index in [0.29, 0.717) is 17.6 Å². The molecule has 2 atom stereocenters. The summed E-state index contributed by atoms with van der Waals surface area (Å²) in [5.74, 6) is 3.51. The monoisotopic (exact) mass is 492 g/mol. The second-order valence-electron chi connectivity index (χ2n) is 11.3. The Kier molecular flexibility index (Phi) is 6.76. The second kappa shape index (κ2) is 10.0. The lowest BCUT2D eigenvalue weighted by Crippen LogP contribution is -2.41. The van der Waals surface area contributed by atoms with Crippen LogP contribution in [0.5, 0.6) is 17.4 Å². The van der Waals surface area contributed by atoms with Crippen molar-refractivity contribution in [3.8, 4) is 28.8 Å². The molecule has 0 saturated heterocycles. The van der Waals surface area contributed by atoms with Crippen LogP contribution < -0.4 is 9.47 Å². The largest absolute Gasteiger partial charge is 0.497 e. The van der Waals surface area contributed by atoms with Gasteiger partial charge >= 0.3 is 0 Å². The van der Waals surface area contributed by atoms with Gasteiger partial charge in [-0.25, -0.2) is 4.98 Å². The minimum absolute atomic E-state index is 0.0576. The molecular weight excluding hydrogens is 456 g/mol. The molecule has 5 rings (SSSR count). The Hall–Kier alpha value is -3.66. The highest BCUT2D eigenvalue weighted by atomic mass is 16.5. The smallest absolute Gasteiger partial charge is 0.223 e. The average molecular weight is 493 g/mol. The topological polar surface area (TPSA) is 44.2 Å². The Labute approximate surface area is 220 Å². The summed E-state index contributed by atoms with van der Waals surface area (Å²) in [6, 6.07) is 29.2. The van der Waals surface area contributed by atoms with Crippen LogP contribution >= 0.6 is 0 Å². The third-order valence-corrected chi connectivity index (χ3v) is 7.51. The summed E-state index contributed by atoms with van der Waals surface area (Å²) in [5, 5.41) is 0. The van der Waals surface area contributed by atoms with Crippen molar-refractivity contribution in [3.05, 3.63) is 102 Å². The number of aromatic nitrogens is 2. The Bertz CT molecular complexity index is 1350. The molecule has 190 valence electrons. The van der Waals surface area contributed by atoms with Crippen LogP contribution in [0.3, 0.4) is 0 Å². The van der Waals surface area contributed by atoms with Crippen molar-refractivity contribution >= 4 is 0 Å². The van der Waals surface area contributed by atoms with E-state index >= 15 is 0 Å². The van der Waals surface area contributed by atoms with Crippen LogP contribution in [0.4, 0.5) is 0 Å². The SMILES string of the molecule is COc1ccc(C2(c3ccc(Oc4cc(C)nc(-c5ccccc5)n4)cc3)CC(C)CC(C)(C)C2)cc1. The lowest BCUT2D eigenvalue weighted by Gasteiger charge is -2.48. The minimum atomic E-state index is -0.0576. The molecule has 0 spiro atoms. The first-order chi connectivity index (χ1) is 17.8. The molecule has 1 heterocycles. The molecule has 1 aliphatic carbocycles. The maximum Gasteiger partial charge on any atom is 0.223 e. The molecule has 2 unspecified atom stereocenters. The maximum atomic E-state index is 6.23. The van der Waals surface area contributed by atoms with Gasteiger partial charge in [0.05, 0.1) is 7.11 Å². The number of aryl methyl sites for hydroxylation is 1. The lowest BCUT2D eigenvalue weighted by atomic mass is 9.55. The molecule has 1 saturated carbocycles. The van der Waals surface area contributed by atoms with Gasteiger partial charge in [-0.2, -0.15) is 4.98 Å². The summed E-state index contributed by atoms with van der Waals surface area (Å²) in [6.07, 6.45) is 3.46. The summed E-state index contributed by atoms with van der Waals surface area (Å²) in [5.41, 5.74) is 4.71. The average Bonchev–Trinajstić information content (AvgIpc) is 2.88. The van der Waals surface area contributed by atoms with Crippen molar-refractivity contribution in [2.75, 3.05) is 7.11 Å². The molecule has 0 bridgehead atoms. The molecule has 0 N–H and O–H groups in total. The summed E-state index contributed by atoms with van der Waals surface area (Å²) < 4.78 is 11.7. The van der Waals surface area contributed by atoms with Gasteiger partial charge in [-0.15, -0.1) is 0 Å². The van der Waals surface area contributed by atoms with Crippen molar-refractivity contribution in [1.82, 2.24) is 9.97 Å². The minimum Gasteiger partial charge on any atom is -0.497 e. The van der Waals surface area contributed by atoms with Gasteiger partial charge < -0.3 is 9.47 Å². The van der Waals surface area contributed by atoms with Gasteiger partial charge in [0, 0.05) is 22.7 Å². The number of ether oxygens (including phenoxy) is 2. The normalized spacial score (nSPS) is 20.8. The van der Waals surface area contributed by atoms with E-state index in [1.54, 1.807) is 7.11 Å². The van der Waals surface area contributed by atoms with Crippen molar-refractivity contribution < 1.29 is 9.47 Å². The third-order valence-electron chi connectivity index (χ3n) is 7.51. The molecule has 37 heavy (non-hydrogen) atoms. The van der Waals surface area contributed by atoms with E-state index in [1.165, 1.54) is 17.5 Å². The zero-order chi connectivity index (χ0) is 26.0. The lowest BCUT2D eigenvalue weighted by molar-refractivity contribution is 0.127. The van der Waals surface area contributed by atoms with Crippen LogP contribution in [0.1, 0.15) is 56.9 Å². The molecule has 1 fully saturated rings. The van der Waals surface area contributed by atoms with E-state index in [1.807, 2.05) is 43.3 Å². The van der Waals surface area contributed by atoms with Gasteiger partial charge in [0.1, 0.15) is 11.5 Å². The van der Waals surface area contributed by atoms with E-state index in [4.69, 9.17) is 9.47 Å². The number of nitrogens with zero attached hydrogens (tertiary/aromatic N) is 2. The first-order valence-corrected chi connectivity index (χ1v) is 13.1. The van der Waals surface area contributed by atoms with Crippen molar-refractivity contribution in [3.63, 3.8) is 0 Å². The first-order valence-electron chi connectivity index (χ1n) is 13.1. The molecule has 4 aromatic rings. The first kappa shape index (κ1) is 25.0. The Morgan fingerprint density at radius 3 is 2.00 bits per heavy atom. The number of methoxy groups -OCH3 is 1. The van der Waals surface area contributed by atoms with Crippen molar-refractivity contribution in [1.29, 1.82) is 0 Å². The van der Waals surface area contributed by atoms with Crippen LogP contribution in [0.2, 0.25) is 0 Å². The fraction of sp³-hybridized carbons (Fsp3) is 0.333. The zero-order valence-corrected chi connectivity index (χ0v) is 22.5. The van der Waals surface area contributed by atoms with E-state index in [0.717, 1.165) is 35.6 Å². The number of benzene rings is 3. The molecule has 4 heteroatoms. The highest BCUT2D eigenvalue weighted by Crippen LogP contribution is 2.53. The number of hydrogen-bond donors (Lipinski definition) is 0. The molecule has 4 nitrogen and oxygen atoms in total. The third kappa shape index (κ3) is 5.39. The van der Waals surface area contributed by atoms with Crippen LogP contribution in [0.25, 0.3) is 11.4 Å². The van der Waals surface area contributed by atoms with Crippen molar-refractivity contribution in [2.24, 2.45) is 11.3 Å². The highest BCUT2D eigenvalue weighted by molar-refractivity contribution is 5.55. The van der Waals surface area contributed by atoms with E-state index < -0.39 is 0 Å². The van der Waals surface area contributed by atoms with Gasteiger partial charge in [0.25, 0.3) is 0 Å². The fourth-order valence-electron chi connectivity index (χ4n) is 6.36. The summed E-state index contributed by atoms with van der Waals surface area (Å²) >= 11 is 0. The van der Waals surface area contributed by atoms with Gasteiger partial charge in [-0.3, -0.25) is 0 Å². The standard InChI is InChI=1S/C33H36N2O2/c1-23-20-32(3,4)22-33(21-23,26-11-15-28(36-5)16-12-26)27-13-17-29(18-14-27)37-30-19-24(2)34-31(35-30)25-9-7-6-8-10-25/h6-19,23H,20-22H2,1-5H3. The van der Waals surface area contributed by atoms with Crippen LogP contribution in [0, 0.1) is 18.3 Å². The summed E-state index contributed by atoms with van der Waals surface area (Å²) in [6.45, 7) is 9.16. The van der Waals surface area contributed by atoms with E-state index in [2.05, 4.69) is 79.3 Å². The van der Waals surface area contributed by atoms with Crippen LogP contribution in [0.15, 0.2) is 84.9 Å². The number of hydrogen-bond acceptors (Lipinski definition) is 4. The highest BCUT2D eigenvalue weighted by Gasteiger charge is 2.45. The van der Waals surface area contributed by atoms with Gasteiger partial charge in [-0.05, 0) is 72.9 Å². The zero-order valence-electron chi connectivity index (χ0n) is 22.5. The predicted molar refractivity (Wildman–Crippen MR) is 149 cm³/mol. The van der Waals surface area contributed by atoms with Gasteiger partial charge in [-0.1, -0.05) is 75.4 Å². The maximum absolute atomic E-state index is 6.23. The van der Waals surface area contributed by atoms with Gasteiger partial charge in [0.15, 0.2) is 5.82 Å². The molecule has 0 radical (unpaired) electrons. The molecule has 0 aliphatic heterocycles. The number of rotatable bonds is 6. The molecular formula is C33H36N2O2. The van der Waals surface area contributed by atoms with E-state index in [-0.39, 0.29) is 10.8 Å². The molecule has 3 aromatic carbocycles. The summed E-state index contributed by atoms with van der Waals surface area (Å²) in [7, 11) is 1.72.